The number of benzene rings is 2. The second kappa shape index (κ2) is 12.4. The van der Waals surface area contributed by atoms with Crippen LogP contribution in [-0.4, -0.2) is 66.2 Å². The molecule has 1 fully saturated rings. The van der Waals surface area contributed by atoms with Gasteiger partial charge in [0.15, 0.2) is 5.75 Å². The molecule has 1 aliphatic heterocycles. The van der Waals surface area contributed by atoms with Crippen LogP contribution in [0.1, 0.15) is 15.9 Å². The third-order valence-corrected chi connectivity index (χ3v) is 7.13. The normalized spacial score (nSPS) is 14.6. The molecule has 3 rings (SSSR count). The summed E-state index contributed by atoms with van der Waals surface area (Å²) < 4.78 is 123. The minimum absolute atomic E-state index is 0.0102. The van der Waals surface area contributed by atoms with Crippen LogP contribution in [0.5, 0.6) is 5.75 Å². The summed E-state index contributed by atoms with van der Waals surface area (Å²) in [5.41, 5.74) is -9.28. The zero-order valence-electron chi connectivity index (χ0n) is 20.1. The largest absolute Gasteiger partial charge is 0.435 e. The third kappa shape index (κ3) is 7.20. The van der Waals surface area contributed by atoms with E-state index < -0.39 is 63.8 Å². The van der Waals surface area contributed by atoms with Gasteiger partial charge in [-0.3, -0.25) is 14.4 Å². The van der Waals surface area contributed by atoms with Crippen molar-refractivity contribution >= 4 is 56.8 Å². The molecule has 2 aromatic rings. The predicted octanol–water partition coefficient (Wildman–Crippen LogP) is 6.11. The lowest BCUT2D eigenvalue weighted by atomic mass is 9.93. The van der Waals surface area contributed by atoms with E-state index in [1.54, 1.807) is 11.8 Å². The Morgan fingerprint density at radius 3 is 2.10 bits per heavy atom. The molecular formula is C23H17BrF9N3O4S. The Kier molecular flexibility index (Phi) is 9.77. The summed E-state index contributed by atoms with van der Waals surface area (Å²) >= 11 is 4.18. The first-order chi connectivity index (χ1) is 19.0. The Morgan fingerprint density at radius 2 is 1.54 bits per heavy atom. The number of thioether (sulfide) groups is 1. The number of anilines is 2. The first-order valence-electron chi connectivity index (χ1n) is 11.2. The molecular weight excluding hydrogens is 665 g/mol. The molecule has 0 unspecified atom stereocenters. The first-order valence-corrected chi connectivity index (χ1v) is 13.1. The second-order valence-corrected chi connectivity index (χ2v) is 10.3. The topological polar surface area (TPSA) is 87.7 Å². The quantitative estimate of drug-likeness (QED) is 0.284. The van der Waals surface area contributed by atoms with Gasteiger partial charge in [0.05, 0.1) is 5.69 Å². The maximum Gasteiger partial charge on any atom is 0.435 e. The lowest BCUT2D eigenvalue weighted by molar-refractivity contribution is -0.348. The van der Waals surface area contributed by atoms with E-state index in [9.17, 15) is 53.9 Å². The number of rotatable bonds is 6. The molecule has 18 heteroatoms. The number of halogens is 10. The SMILES string of the molecule is O=C(Nc1cccc(C(=O)Nc2c(Br)cc(C(F)(C(F)(F)F)C(F)(F)F)cc2OC(F)F)c1)C(=O)N1CCSCC1. The molecule has 0 spiro atoms. The molecule has 2 N–H and O–H groups in total. The van der Waals surface area contributed by atoms with Crippen LogP contribution in [0.2, 0.25) is 0 Å². The zero-order chi connectivity index (χ0) is 30.8. The van der Waals surface area contributed by atoms with Gasteiger partial charge in [-0.25, -0.2) is 4.39 Å². The van der Waals surface area contributed by atoms with Crippen LogP contribution in [0.15, 0.2) is 40.9 Å². The van der Waals surface area contributed by atoms with E-state index in [0.717, 1.165) is 12.1 Å². The van der Waals surface area contributed by atoms with Gasteiger partial charge in [0, 0.05) is 45.9 Å². The van der Waals surface area contributed by atoms with E-state index in [1.165, 1.54) is 17.0 Å². The molecule has 0 radical (unpaired) electrons. The van der Waals surface area contributed by atoms with Gasteiger partial charge >= 0.3 is 36.4 Å². The van der Waals surface area contributed by atoms with Gasteiger partial charge in [-0.1, -0.05) is 6.07 Å². The van der Waals surface area contributed by atoms with Crippen LogP contribution in [-0.2, 0) is 15.3 Å². The maximum atomic E-state index is 14.6. The Balaban J connectivity index is 1.90. The number of carbonyl (C=O) groups excluding carboxylic acids is 3. The van der Waals surface area contributed by atoms with Crippen molar-refractivity contribution in [3.8, 4) is 5.75 Å². The predicted molar refractivity (Wildman–Crippen MR) is 133 cm³/mol. The maximum absolute atomic E-state index is 14.6. The standard InChI is InChI=1S/C23H17BrF9N3O4S/c24-14-9-12(21(27,22(28,29)30)23(31,32)33)10-15(40-20(25)26)16(14)35-17(37)11-2-1-3-13(8-11)34-18(38)19(39)36-4-6-41-7-5-36/h1-3,8-10,20H,4-7H2,(H,34,38)(H,35,37). The molecule has 41 heavy (non-hydrogen) atoms. The summed E-state index contributed by atoms with van der Waals surface area (Å²) in [7, 11) is 0. The van der Waals surface area contributed by atoms with Crippen molar-refractivity contribution in [2.24, 2.45) is 0 Å². The van der Waals surface area contributed by atoms with Crippen LogP contribution in [0, 0.1) is 0 Å². The van der Waals surface area contributed by atoms with Crippen LogP contribution in [0.4, 0.5) is 50.9 Å². The highest BCUT2D eigenvalue weighted by Crippen LogP contribution is 2.55. The zero-order valence-corrected chi connectivity index (χ0v) is 22.5. The lowest BCUT2D eigenvalue weighted by Crippen LogP contribution is -2.50. The van der Waals surface area contributed by atoms with Crippen LogP contribution in [0.3, 0.4) is 0 Å². The molecule has 1 heterocycles. The molecule has 2 aromatic carbocycles. The molecule has 224 valence electrons. The number of hydrogen-bond donors (Lipinski definition) is 2. The van der Waals surface area contributed by atoms with E-state index in [4.69, 9.17) is 0 Å². The fourth-order valence-electron chi connectivity index (χ4n) is 3.60. The molecule has 0 atom stereocenters. The molecule has 0 saturated carbocycles. The number of alkyl halides is 9. The highest BCUT2D eigenvalue weighted by Gasteiger charge is 2.73. The highest BCUT2D eigenvalue weighted by molar-refractivity contribution is 9.10. The number of nitrogens with one attached hydrogen (secondary N) is 2. The van der Waals surface area contributed by atoms with E-state index >= 15 is 0 Å². The minimum atomic E-state index is -6.54. The molecule has 7 nitrogen and oxygen atoms in total. The smallest absolute Gasteiger partial charge is 0.433 e. The van der Waals surface area contributed by atoms with Crippen molar-refractivity contribution in [3.05, 3.63) is 52.0 Å². The highest BCUT2D eigenvalue weighted by atomic mass is 79.9. The van der Waals surface area contributed by atoms with Crippen molar-refractivity contribution < 1.29 is 58.6 Å². The molecule has 0 aliphatic carbocycles. The van der Waals surface area contributed by atoms with Crippen molar-refractivity contribution in [2.45, 2.75) is 24.6 Å². The lowest BCUT2D eigenvalue weighted by Gasteiger charge is -2.31. The van der Waals surface area contributed by atoms with Crippen LogP contribution >= 0.6 is 27.7 Å². The van der Waals surface area contributed by atoms with Gasteiger partial charge in [-0.05, 0) is 46.3 Å². The summed E-state index contributed by atoms with van der Waals surface area (Å²) in [5.74, 6) is -3.11. The number of nitrogens with zero attached hydrogens (tertiary/aromatic N) is 1. The second-order valence-electron chi connectivity index (χ2n) is 8.26. The Labute approximate surface area is 237 Å². The van der Waals surface area contributed by atoms with E-state index in [2.05, 4.69) is 26.0 Å². The number of ether oxygens (including phenoxy) is 1. The number of hydrogen-bond acceptors (Lipinski definition) is 5. The fourth-order valence-corrected chi connectivity index (χ4v) is 5.04. The number of carbonyl (C=O) groups is 3. The van der Waals surface area contributed by atoms with Gasteiger partial charge in [0.2, 0.25) is 0 Å². The van der Waals surface area contributed by atoms with Gasteiger partial charge in [-0.2, -0.15) is 46.9 Å². The van der Waals surface area contributed by atoms with Gasteiger partial charge in [0.1, 0.15) is 0 Å². The van der Waals surface area contributed by atoms with Crippen molar-refractivity contribution in [1.29, 1.82) is 0 Å². The van der Waals surface area contributed by atoms with E-state index in [-0.39, 0.29) is 23.4 Å². The van der Waals surface area contributed by atoms with Gasteiger partial charge in [-0.15, -0.1) is 0 Å². The summed E-state index contributed by atoms with van der Waals surface area (Å²) in [6.07, 6.45) is -13.1. The van der Waals surface area contributed by atoms with Crippen molar-refractivity contribution in [3.63, 3.8) is 0 Å². The summed E-state index contributed by atoms with van der Waals surface area (Å²) in [6.45, 7) is -3.09. The average Bonchev–Trinajstić information content (AvgIpc) is 2.88. The van der Waals surface area contributed by atoms with Gasteiger partial charge < -0.3 is 20.3 Å². The monoisotopic (exact) mass is 681 g/mol. The number of amides is 3. The Morgan fingerprint density at radius 1 is 0.927 bits per heavy atom. The fraction of sp³-hybridized carbons (Fsp3) is 0.348. The first kappa shape index (κ1) is 32.4. The summed E-state index contributed by atoms with van der Waals surface area (Å²) in [5, 5.41) is 4.29. The molecule has 0 bridgehead atoms. The Bertz CT molecular complexity index is 1300. The summed E-state index contributed by atoms with van der Waals surface area (Å²) in [6, 6.07) is 4.53. The van der Waals surface area contributed by atoms with Crippen molar-refractivity contribution in [1.82, 2.24) is 4.90 Å². The van der Waals surface area contributed by atoms with Crippen molar-refractivity contribution in [2.75, 3.05) is 35.2 Å². The third-order valence-electron chi connectivity index (χ3n) is 5.56. The minimum Gasteiger partial charge on any atom is -0.433 e. The van der Waals surface area contributed by atoms with Crippen LogP contribution in [0.25, 0.3) is 0 Å². The molecule has 0 aromatic heterocycles. The molecule has 1 aliphatic rings. The molecule has 3 amide bonds. The average molecular weight is 682 g/mol. The Hall–Kier alpha value is -3.15. The van der Waals surface area contributed by atoms with Crippen LogP contribution < -0.4 is 15.4 Å². The van der Waals surface area contributed by atoms with E-state index in [0.29, 0.717) is 24.6 Å². The summed E-state index contributed by atoms with van der Waals surface area (Å²) in [4.78, 5) is 38.8. The van der Waals surface area contributed by atoms with E-state index in [1.807, 2.05) is 5.32 Å². The van der Waals surface area contributed by atoms with Gasteiger partial charge in [0.25, 0.3) is 5.91 Å². The molecule has 1 saturated heterocycles.